The quantitative estimate of drug-likeness (QED) is 0.390. The van der Waals surface area contributed by atoms with E-state index in [2.05, 4.69) is 53.4 Å². The first-order chi connectivity index (χ1) is 17.6. The Labute approximate surface area is 232 Å². The molecule has 4 nitrogen and oxygen atoms in total. The van der Waals surface area contributed by atoms with Gasteiger partial charge in [0.25, 0.3) is 0 Å². The molecule has 0 aromatic carbocycles. The number of hydrogen-bond donors (Lipinski definition) is 1. The number of amides is 1. The summed E-state index contributed by atoms with van der Waals surface area (Å²) in [6, 6.07) is 0. The van der Waals surface area contributed by atoms with Crippen molar-refractivity contribution in [2.45, 2.75) is 131 Å². The number of aliphatic hydroxyl groups is 1. The number of likely N-dealkylation sites (tertiary alicyclic amines) is 1. The maximum Gasteiger partial charge on any atom is 0.233 e. The van der Waals surface area contributed by atoms with E-state index >= 15 is 0 Å². The molecule has 4 saturated carbocycles. The number of carbonyl (C=O) groups is 1. The third-order valence-corrected chi connectivity index (χ3v) is 14.4. The van der Waals surface area contributed by atoms with E-state index in [1.54, 1.807) is 18.3 Å². The van der Waals surface area contributed by atoms with Crippen LogP contribution in [0, 0.1) is 44.3 Å². The second kappa shape index (κ2) is 8.34. The number of hydrogen-bond acceptors (Lipinski definition) is 3. The summed E-state index contributed by atoms with van der Waals surface area (Å²) in [6.45, 7) is 19.0. The molecular formula is C34H55NO3. The third-order valence-electron chi connectivity index (χ3n) is 14.4. The Bertz CT molecular complexity index is 1040. The highest BCUT2D eigenvalue weighted by molar-refractivity contribution is 5.87. The lowest BCUT2D eigenvalue weighted by Gasteiger charge is -2.71. The SMILES string of the molecule is COC1CN(C(=O)[C@]23CCC(C)(C)CC2=C2CC[C@@H]4[C@@]5(C)CC[C@H](O)C(C)(C)[C@@H]5CC[C@@]4(C)[C@]2(C)CC3)C1. The Hall–Kier alpha value is -0.870. The van der Waals surface area contributed by atoms with Crippen molar-refractivity contribution >= 4 is 5.91 Å². The van der Waals surface area contributed by atoms with Gasteiger partial charge in [0.05, 0.1) is 17.6 Å². The summed E-state index contributed by atoms with van der Waals surface area (Å²) < 4.78 is 5.55. The van der Waals surface area contributed by atoms with Gasteiger partial charge in [-0.15, -0.1) is 0 Å². The van der Waals surface area contributed by atoms with Crippen LogP contribution in [0.5, 0.6) is 0 Å². The smallest absolute Gasteiger partial charge is 0.233 e. The van der Waals surface area contributed by atoms with E-state index in [-0.39, 0.29) is 44.7 Å². The van der Waals surface area contributed by atoms with Gasteiger partial charge >= 0.3 is 0 Å². The number of aliphatic hydroxyl groups excluding tert-OH is 1. The van der Waals surface area contributed by atoms with Crippen LogP contribution in [-0.2, 0) is 9.53 Å². The van der Waals surface area contributed by atoms with Gasteiger partial charge in [-0.2, -0.15) is 0 Å². The summed E-state index contributed by atoms with van der Waals surface area (Å²) in [5, 5.41) is 11.0. The lowest BCUT2D eigenvalue weighted by atomic mass is 9.34. The molecule has 0 aromatic rings. The standard InChI is InChI=1S/C34H55NO3/c1-29(2)15-17-34(28(37)35-20-22(21-35)38-8)18-16-32(6)23(24(34)19-29)9-10-26-31(5)13-12-27(36)30(3,4)25(31)11-14-33(26,32)7/h22,25-27,36H,9-21H2,1-8H3/t25-,26+,27-,31-,32+,33+,34-/m0/s1. The molecular weight excluding hydrogens is 470 g/mol. The average molecular weight is 526 g/mol. The van der Waals surface area contributed by atoms with Crippen LogP contribution in [0.1, 0.15) is 119 Å². The molecule has 6 rings (SSSR count). The predicted octanol–water partition coefficient (Wildman–Crippen LogP) is 7.15. The van der Waals surface area contributed by atoms with Gasteiger partial charge < -0.3 is 14.7 Å². The first-order valence-corrected chi connectivity index (χ1v) is 15.9. The fraction of sp³-hybridized carbons (Fsp3) is 0.912. The minimum atomic E-state index is -0.273. The largest absolute Gasteiger partial charge is 0.393 e. The zero-order valence-electron chi connectivity index (χ0n) is 25.7. The average Bonchev–Trinajstić information content (AvgIpc) is 2.81. The fourth-order valence-corrected chi connectivity index (χ4v) is 11.7. The maximum atomic E-state index is 14.3. The van der Waals surface area contributed by atoms with Crippen LogP contribution in [0.2, 0.25) is 0 Å². The highest BCUT2D eigenvalue weighted by atomic mass is 16.5. The molecule has 7 atom stereocenters. The van der Waals surface area contributed by atoms with Crippen LogP contribution >= 0.6 is 0 Å². The van der Waals surface area contributed by atoms with Crippen molar-refractivity contribution in [3.63, 3.8) is 0 Å². The van der Waals surface area contributed by atoms with Gasteiger partial charge in [-0.05, 0) is 110 Å². The molecule has 0 bridgehead atoms. The maximum absolute atomic E-state index is 14.3. The summed E-state index contributed by atoms with van der Waals surface area (Å²) in [6.07, 6.45) is 12.5. The molecule has 1 amide bonds. The van der Waals surface area contributed by atoms with E-state index in [0.29, 0.717) is 17.7 Å². The van der Waals surface area contributed by atoms with E-state index in [0.717, 1.165) is 58.0 Å². The summed E-state index contributed by atoms with van der Waals surface area (Å²) in [5.74, 6) is 1.69. The Morgan fingerprint density at radius 1 is 0.842 bits per heavy atom. The highest BCUT2D eigenvalue weighted by Gasteiger charge is 2.68. The summed E-state index contributed by atoms with van der Waals surface area (Å²) in [7, 11) is 1.77. The van der Waals surface area contributed by atoms with Crippen LogP contribution in [0.3, 0.4) is 0 Å². The van der Waals surface area contributed by atoms with Crippen molar-refractivity contribution in [2.24, 2.45) is 44.3 Å². The second-order valence-electron chi connectivity index (χ2n) is 16.8. The number of ether oxygens (including phenoxy) is 1. The number of fused-ring (bicyclic) bond motifs is 6. The second-order valence-corrected chi connectivity index (χ2v) is 16.8. The van der Waals surface area contributed by atoms with Crippen LogP contribution < -0.4 is 0 Å². The molecule has 0 unspecified atom stereocenters. The van der Waals surface area contributed by atoms with Gasteiger partial charge in [-0.1, -0.05) is 59.6 Å². The Kier molecular flexibility index (Phi) is 5.99. The minimum absolute atomic E-state index is 0.00715. The predicted molar refractivity (Wildman–Crippen MR) is 152 cm³/mol. The molecule has 0 radical (unpaired) electrons. The summed E-state index contributed by atoms with van der Waals surface area (Å²) in [5.41, 5.74) is 3.96. The molecule has 6 aliphatic rings. The minimum Gasteiger partial charge on any atom is -0.393 e. The number of methoxy groups -OCH3 is 1. The van der Waals surface area contributed by atoms with Crippen molar-refractivity contribution in [3.8, 4) is 0 Å². The van der Waals surface area contributed by atoms with E-state index in [1.807, 2.05) is 0 Å². The Morgan fingerprint density at radius 3 is 2.21 bits per heavy atom. The molecule has 0 aromatic heterocycles. The van der Waals surface area contributed by atoms with Crippen molar-refractivity contribution in [3.05, 3.63) is 11.1 Å². The van der Waals surface area contributed by atoms with Gasteiger partial charge in [-0.25, -0.2) is 0 Å². The third kappa shape index (κ3) is 3.37. The van der Waals surface area contributed by atoms with Crippen LogP contribution in [-0.4, -0.2) is 48.3 Å². The van der Waals surface area contributed by atoms with E-state index < -0.39 is 0 Å². The number of rotatable bonds is 2. The summed E-state index contributed by atoms with van der Waals surface area (Å²) in [4.78, 5) is 16.4. The van der Waals surface area contributed by atoms with Gasteiger partial charge in [0.15, 0.2) is 0 Å². The summed E-state index contributed by atoms with van der Waals surface area (Å²) >= 11 is 0. The Balaban J connectivity index is 1.41. The topological polar surface area (TPSA) is 49.8 Å². The van der Waals surface area contributed by atoms with Crippen molar-refractivity contribution in [1.29, 1.82) is 0 Å². The Morgan fingerprint density at radius 2 is 1.53 bits per heavy atom. The highest BCUT2D eigenvalue weighted by Crippen LogP contribution is 2.75. The van der Waals surface area contributed by atoms with Gasteiger partial charge in [-0.3, -0.25) is 4.79 Å². The van der Waals surface area contributed by atoms with Gasteiger partial charge in [0.2, 0.25) is 5.91 Å². The van der Waals surface area contributed by atoms with Crippen molar-refractivity contribution < 1.29 is 14.6 Å². The van der Waals surface area contributed by atoms with E-state index in [4.69, 9.17) is 4.74 Å². The molecule has 5 aliphatic carbocycles. The van der Waals surface area contributed by atoms with Crippen molar-refractivity contribution in [1.82, 2.24) is 4.90 Å². The molecule has 1 aliphatic heterocycles. The van der Waals surface area contributed by atoms with E-state index in [1.165, 1.54) is 25.7 Å². The molecule has 1 heterocycles. The van der Waals surface area contributed by atoms with Gasteiger partial charge in [0, 0.05) is 20.2 Å². The molecule has 1 saturated heterocycles. The lowest BCUT2D eigenvalue weighted by Crippen LogP contribution is -2.65. The first kappa shape index (κ1) is 27.3. The van der Waals surface area contributed by atoms with Crippen molar-refractivity contribution in [2.75, 3.05) is 20.2 Å². The molecule has 38 heavy (non-hydrogen) atoms. The molecule has 5 fully saturated rings. The molecule has 1 N–H and O–H groups in total. The number of carbonyl (C=O) groups excluding carboxylic acids is 1. The van der Waals surface area contributed by atoms with Gasteiger partial charge in [0.1, 0.15) is 0 Å². The normalized spacial score (nSPS) is 47.8. The molecule has 214 valence electrons. The van der Waals surface area contributed by atoms with Crippen LogP contribution in [0.25, 0.3) is 0 Å². The molecule has 4 heteroatoms. The zero-order chi connectivity index (χ0) is 27.5. The van der Waals surface area contributed by atoms with Crippen LogP contribution in [0.15, 0.2) is 11.1 Å². The number of allylic oxidation sites excluding steroid dienone is 1. The molecule has 0 spiro atoms. The number of nitrogens with zero attached hydrogens (tertiary/aromatic N) is 1. The lowest BCUT2D eigenvalue weighted by molar-refractivity contribution is -0.205. The first-order valence-electron chi connectivity index (χ1n) is 15.9. The zero-order valence-corrected chi connectivity index (χ0v) is 25.7. The fourth-order valence-electron chi connectivity index (χ4n) is 11.7. The monoisotopic (exact) mass is 525 g/mol. The van der Waals surface area contributed by atoms with Crippen LogP contribution in [0.4, 0.5) is 0 Å². The van der Waals surface area contributed by atoms with E-state index in [9.17, 15) is 9.90 Å².